The number of hydrogen-bond donors (Lipinski definition) is 3. The van der Waals surface area contributed by atoms with E-state index in [1.165, 1.54) is 12.2 Å². The molecule has 0 saturated heterocycles. The van der Waals surface area contributed by atoms with Crippen LogP contribution in [0.4, 0.5) is 4.39 Å². The molecular formula is C21H27FO5. The molecule has 0 spiro atoms. The van der Waals surface area contributed by atoms with E-state index in [1.54, 1.807) is 19.9 Å². The number of Topliss-reactive ketones (excluding diaryl/α,β-unsaturated/α-hetero) is 1. The third-order valence-corrected chi connectivity index (χ3v) is 8.15. The van der Waals surface area contributed by atoms with Gasteiger partial charge in [-0.05, 0) is 56.6 Å². The molecule has 0 amide bonds. The fourth-order valence-electron chi connectivity index (χ4n) is 6.72. The van der Waals surface area contributed by atoms with E-state index < -0.39 is 52.9 Å². The molecule has 4 aliphatic carbocycles. The van der Waals surface area contributed by atoms with Gasteiger partial charge >= 0.3 is 0 Å². The largest absolute Gasteiger partial charge is 0.390 e. The Kier molecular flexibility index (Phi) is 4.09. The second-order valence-corrected chi connectivity index (χ2v) is 9.09. The molecule has 6 heteroatoms. The van der Waals surface area contributed by atoms with E-state index in [0.717, 1.165) is 0 Å². The van der Waals surface area contributed by atoms with Crippen molar-refractivity contribution in [1.29, 1.82) is 0 Å². The first-order valence-electron chi connectivity index (χ1n) is 9.78. The summed E-state index contributed by atoms with van der Waals surface area (Å²) < 4.78 is 16.7. The number of rotatable bonds is 2. The maximum absolute atomic E-state index is 16.7. The van der Waals surface area contributed by atoms with Crippen LogP contribution in [0.25, 0.3) is 0 Å². The van der Waals surface area contributed by atoms with Crippen molar-refractivity contribution in [2.75, 3.05) is 6.61 Å². The number of hydrogen-bond acceptors (Lipinski definition) is 5. The van der Waals surface area contributed by atoms with Gasteiger partial charge in [-0.25, -0.2) is 4.39 Å². The number of fused-ring (bicyclic) bond motifs is 5. The van der Waals surface area contributed by atoms with Crippen molar-refractivity contribution in [2.45, 2.75) is 56.9 Å². The Balaban J connectivity index is 1.78. The van der Waals surface area contributed by atoms with Crippen LogP contribution in [0.1, 0.15) is 39.5 Å². The number of halogens is 1. The standard InChI is InChI=1S/C21H27FO5/c1-11-7-14-15-4-3-12-8-13(24)5-6-19(12,2)21(15,22)17(25)9-16(14)20(11,27)18(26)10-23/h5-6,8,11,14-17,23,25,27H,3-4,7,9-10H2,1-2H3/t11-,14+,15+,16?,17+,19+,20-,21+/m1/s1. The molecule has 8 atom stereocenters. The van der Waals surface area contributed by atoms with Gasteiger partial charge in [-0.1, -0.05) is 18.6 Å². The summed E-state index contributed by atoms with van der Waals surface area (Å²) >= 11 is 0. The molecule has 1 unspecified atom stereocenters. The summed E-state index contributed by atoms with van der Waals surface area (Å²) in [6.07, 6.45) is 4.55. The van der Waals surface area contributed by atoms with Gasteiger partial charge in [0.05, 0.1) is 6.10 Å². The molecule has 148 valence electrons. The molecule has 4 aliphatic rings. The number of ketones is 2. The van der Waals surface area contributed by atoms with Gasteiger partial charge in [-0.15, -0.1) is 0 Å². The Morgan fingerprint density at radius 2 is 2.04 bits per heavy atom. The van der Waals surface area contributed by atoms with E-state index in [1.807, 2.05) is 0 Å². The minimum Gasteiger partial charge on any atom is -0.390 e. The number of aliphatic hydroxyl groups is 3. The fourth-order valence-corrected chi connectivity index (χ4v) is 6.72. The first-order chi connectivity index (χ1) is 12.6. The highest BCUT2D eigenvalue weighted by Gasteiger charge is 2.71. The van der Waals surface area contributed by atoms with E-state index in [-0.39, 0.29) is 18.1 Å². The van der Waals surface area contributed by atoms with E-state index in [9.17, 15) is 24.9 Å². The van der Waals surface area contributed by atoms with Crippen molar-refractivity contribution in [2.24, 2.45) is 29.1 Å². The summed E-state index contributed by atoms with van der Waals surface area (Å²) in [5.74, 6) is -2.56. The zero-order valence-corrected chi connectivity index (χ0v) is 15.7. The minimum absolute atomic E-state index is 0.0328. The van der Waals surface area contributed by atoms with Crippen molar-refractivity contribution in [3.8, 4) is 0 Å². The molecule has 0 aliphatic heterocycles. The summed E-state index contributed by atoms with van der Waals surface area (Å²) in [6.45, 7) is 2.73. The molecule has 4 rings (SSSR count). The normalized spacial score (nSPS) is 51.3. The SMILES string of the molecule is C[C@@H]1C[C@@H]2C(C[C@H](O)[C@@]3(F)[C@H]2CCC2=CC(=O)C=C[C@@]23C)[C@@]1(O)C(=O)CO. The average molecular weight is 378 g/mol. The molecule has 0 bridgehead atoms. The molecule has 3 fully saturated rings. The second kappa shape index (κ2) is 5.82. The molecule has 0 aromatic rings. The van der Waals surface area contributed by atoms with E-state index >= 15 is 4.39 Å². The van der Waals surface area contributed by atoms with Crippen LogP contribution in [0.2, 0.25) is 0 Å². The number of allylic oxidation sites excluding steroid dienone is 4. The van der Waals surface area contributed by atoms with Crippen LogP contribution in [0, 0.1) is 29.1 Å². The van der Waals surface area contributed by atoms with Gasteiger partial charge < -0.3 is 15.3 Å². The molecule has 0 aromatic carbocycles. The molecule has 3 saturated carbocycles. The van der Waals surface area contributed by atoms with Crippen molar-refractivity contribution in [3.05, 3.63) is 23.8 Å². The monoisotopic (exact) mass is 378 g/mol. The van der Waals surface area contributed by atoms with Gasteiger partial charge in [0.2, 0.25) is 0 Å². The number of carbonyl (C=O) groups excluding carboxylic acids is 2. The molecule has 0 radical (unpaired) electrons. The first-order valence-corrected chi connectivity index (χ1v) is 9.78. The lowest BCUT2D eigenvalue weighted by atomic mass is 9.48. The Morgan fingerprint density at radius 1 is 1.33 bits per heavy atom. The summed E-state index contributed by atoms with van der Waals surface area (Å²) in [7, 11) is 0. The van der Waals surface area contributed by atoms with Gasteiger partial charge in [-0.2, -0.15) is 0 Å². The van der Waals surface area contributed by atoms with Crippen LogP contribution >= 0.6 is 0 Å². The third-order valence-electron chi connectivity index (χ3n) is 8.15. The van der Waals surface area contributed by atoms with Crippen molar-refractivity contribution < 1.29 is 29.3 Å². The molecule has 27 heavy (non-hydrogen) atoms. The average Bonchev–Trinajstić information content (AvgIpc) is 2.88. The first kappa shape index (κ1) is 19.0. The lowest BCUT2D eigenvalue weighted by Crippen LogP contribution is -2.66. The van der Waals surface area contributed by atoms with Crippen LogP contribution in [0.3, 0.4) is 0 Å². The van der Waals surface area contributed by atoms with Crippen molar-refractivity contribution in [3.63, 3.8) is 0 Å². The van der Waals surface area contributed by atoms with Gasteiger partial charge in [0.25, 0.3) is 0 Å². The van der Waals surface area contributed by atoms with Gasteiger partial charge in [0.1, 0.15) is 12.2 Å². The van der Waals surface area contributed by atoms with Gasteiger partial charge in [0.15, 0.2) is 17.2 Å². The molecule has 5 nitrogen and oxygen atoms in total. The van der Waals surface area contributed by atoms with Crippen LogP contribution in [0.5, 0.6) is 0 Å². The molecular weight excluding hydrogens is 351 g/mol. The summed E-state index contributed by atoms with van der Waals surface area (Å²) in [5.41, 5.74) is -4.04. The van der Waals surface area contributed by atoms with Crippen molar-refractivity contribution >= 4 is 11.6 Å². The predicted octanol–water partition coefficient (Wildman–Crippen LogP) is 1.51. The van der Waals surface area contributed by atoms with Crippen LogP contribution < -0.4 is 0 Å². The fraction of sp³-hybridized carbons (Fsp3) is 0.714. The van der Waals surface area contributed by atoms with Gasteiger partial charge in [-0.3, -0.25) is 9.59 Å². The minimum atomic E-state index is -1.96. The topological polar surface area (TPSA) is 94.8 Å². The lowest BCUT2D eigenvalue weighted by molar-refractivity contribution is -0.191. The number of alkyl halides is 1. The second-order valence-electron chi connectivity index (χ2n) is 9.09. The highest BCUT2D eigenvalue weighted by Crippen LogP contribution is 2.66. The zero-order valence-electron chi connectivity index (χ0n) is 15.7. The molecule has 0 heterocycles. The Morgan fingerprint density at radius 3 is 2.70 bits per heavy atom. The van der Waals surface area contributed by atoms with E-state index in [4.69, 9.17) is 0 Å². The maximum Gasteiger partial charge on any atom is 0.190 e. The Hall–Kier alpha value is -1.37. The summed E-state index contributed by atoms with van der Waals surface area (Å²) in [4.78, 5) is 24.1. The third kappa shape index (κ3) is 2.15. The maximum atomic E-state index is 16.7. The highest BCUT2D eigenvalue weighted by molar-refractivity contribution is 6.01. The lowest BCUT2D eigenvalue weighted by Gasteiger charge is -2.59. The van der Waals surface area contributed by atoms with Crippen LogP contribution in [0.15, 0.2) is 23.8 Å². The number of aliphatic hydroxyl groups excluding tert-OH is 2. The number of carbonyl (C=O) groups is 2. The quantitative estimate of drug-likeness (QED) is 0.677. The van der Waals surface area contributed by atoms with Crippen LogP contribution in [-0.2, 0) is 9.59 Å². The van der Waals surface area contributed by atoms with E-state index in [0.29, 0.717) is 24.8 Å². The Labute approximate surface area is 158 Å². The predicted molar refractivity (Wildman–Crippen MR) is 95.3 cm³/mol. The smallest absolute Gasteiger partial charge is 0.190 e. The molecule has 0 aromatic heterocycles. The highest BCUT2D eigenvalue weighted by atomic mass is 19.1. The Bertz CT molecular complexity index is 760. The summed E-state index contributed by atoms with van der Waals surface area (Å²) in [6, 6.07) is 0. The van der Waals surface area contributed by atoms with Crippen molar-refractivity contribution in [1.82, 2.24) is 0 Å². The van der Waals surface area contributed by atoms with Crippen LogP contribution in [-0.4, -0.2) is 50.9 Å². The van der Waals surface area contributed by atoms with Gasteiger partial charge in [0, 0.05) is 17.3 Å². The summed E-state index contributed by atoms with van der Waals surface area (Å²) in [5, 5.41) is 31.4. The van der Waals surface area contributed by atoms with E-state index in [2.05, 4.69) is 0 Å². The zero-order chi connectivity index (χ0) is 19.8. The molecule has 3 N–H and O–H groups in total.